The second-order valence-corrected chi connectivity index (χ2v) is 6.92. The third-order valence-electron chi connectivity index (χ3n) is 4.29. The number of carboxylic acids is 1. The summed E-state index contributed by atoms with van der Waals surface area (Å²) >= 11 is 1.79. The van der Waals surface area contributed by atoms with Crippen LogP contribution in [-0.4, -0.2) is 16.1 Å². The summed E-state index contributed by atoms with van der Waals surface area (Å²) in [6.45, 7) is 0. The molecule has 98 valence electrons. The first kappa shape index (κ1) is 11.4. The number of thiazole rings is 1. The van der Waals surface area contributed by atoms with Crippen LogP contribution in [0.25, 0.3) is 10.2 Å². The highest BCUT2D eigenvalue weighted by Gasteiger charge is 2.46. The molecule has 3 nitrogen and oxygen atoms in total. The highest BCUT2D eigenvalue weighted by atomic mass is 32.1. The molecule has 19 heavy (non-hydrogen) atoms. The first-order chi connectivity index (χ1) is 9.16. The number of hydrogen-bond donors (Lipinski definition) is 1. The van der Waals surface area contributed by atoms with Gasteiger partial charge >= 0.3 is 5.97 Å². The molecule has 0 radical (unpaired) electrons. The SMILES string of the molecule is O=C(O)CC1(c2ccc3sc(C4CC4)nc3c2)CC1. The number of aromatic nitrogens is 1. The van der Waals surface area contributed by atoms with E-state index in [2.05, 4.69) is 18.2 Å². The molecular weight excluding hydrogens is 258 g/mol. The van der Waals surface area contributed by atoms with Crippen LogP contribution < -0.4 is 0 Å². The summed E-state index contributed by atoms with van der Waals surface area (Å²) in [5, 5.41) is 10.3. The van der Waals surface area contributed by atoms with Crippen LogP contribution in [0.4, 0.5) is 0 Å². The molecule has 2 aliphatic carbocycles. The molecule has 0 atom stereocenters. The minimum atomic E-state index is -0.699. The maximum absolute atomic E-state index is 11.0. The van der Waals surface area contributed by atoms with Gasteiger partial charge in [-0.1, -0.05) is 6.07 Å². The molecule has 2 aliphatic rings. The monoisotopic (exact) mass is 273 g/mol. The Kier molecular flexibility index (Phi) is 2.28. The molecule has 0 unspecified atom stereocenters. The fraction of sp³-hybridized carbons (Fsp3) is 0.467. The van der Waals surface area contributed by atoms with Gasteiger partial charge in [-0.15, -0.1) is 11.3 Å². The molecule has 0 aliphatic heterocycles. The fourth-order valence-corrected chi connectivity index (χ4v) is 3.90. The van der Waals surface area contributed by atoms with Gasteiger partial charge in [0.2, 0.25) is 0 Å². The van der Waals surface area contributed by atoms with Crippen molar-refractivity contribution in [2.45, 2.75) is 43.4 Å². The lowest BCUT2D eigenvalue weighted by Gasteiger charge is -2.12. The lowest BCUT2D eigenvalue weighted by Crippen LogP contribution is -2.12. The maximum Gasteiger partial charge on any atom is 0.304 e. The van der Waals surface area contributed by atoms with Gasteiger partial charge in [0.1, 0.15) is 0 Å². The third kappa shape index (κ3) is 1.94. The molecule has 1 heterocycles. The summed E-state index contributed by atoms with van der Waals surface area (Å²) in [7, 11) is 0. The van der Waals surface area contributed by atoms with E-state index in [-0.39, 0.29) is 11.8 Å². The number of carbonyl (C=O) groups is 1. The van der Waals surface area contributed by atoms with Gasteiger partial charge in [0.25, 0.3) is 0 Å². The summed E-state index contributed by atoms with van der Waals surface area (Å²) in [4.78, 5) is 15.7. The molecule has 0 bridgehead atoms. The summed E-state index contributed by atoms with van der Waals surface area (Å²) < 4.78 is 1.23. The molecular formula is C15H15NO2S. The average Bonchev–Trinajstić information content (AvgIpc) is 3.28. The Balaban J connectivity index is 1.73. The molecule has 1 N–H and O–H groups in total. The van der Waals surface area contributed by atoms with E-state index in [9.17, 15) is 4.79 Å². The van der Waals surface area contributed by atoms with Crippen molar-refractivity contribution >= 4 is 27.5 Å². The largest absolute Gasteiger partial charge is 0.481 e. The van der Waals surface area contributed by atoms with Crippen LogP contribution in [0.3, 0.4) is 0 Å². The fourth-order valence-electron chi connectivity index (χ4n) is 2.79. The number of aliphatic carboxylic acids is 1. The van der Waals surface area contributed by atoms with Crippen LogP contribution in [0, 0.1) is 0 Å². The van der Waals surface area contributed by atoms with E-state index in [0.717, 1.165) is 23.9 Å². The van der Waals surface area contributed by atoms with Gasteiger partial charge in [-0.2, -0.15) is 0 Å². The minimum Gasteiger partial charge on any atom is -0.481 e. The zero-order chi connectivity index (χ0) is 13.0. The minimum absolute atomic E-state index is 0.108. The Bertz CT molecular complexity index is 668. The van der Waals surface area contributed by atoms with Gasteiger partial charge in [-0.25, -0.2) is 4.98 Å². The number of fused-ring (bicyclic) bond motifs is 1. The average molecular weight is 273 g/mol. The van der Waals surface area contributed by atoms with Crippen LogP contribution >= 0.6 is 11.3 Å². The first-order valence-corrected chi connectivity index (χ1v) is 7.61. The summed E-state index contributed by atoms with van der Waals surface area (Å²) in [5.74, 6) is -0.00991. The van der Waals surface area contributed by atoms with E-state index in [0.29, 0.717) is 5.92 Å². The van der Waals surface area contributed by atoms with Crippen molar-refractivity contribution in [1.29, 1.82) is 0 Å². The van der Waals surface area contributed by atoms with E-state index >= 15 is 0 Å². The van der Waals surface area contributed by atoms with Gasteiger partial charge in [0.05, 0.1) is 21.6 Å². The van der Waals surface area contributed by atoms with Crippen molar-refractivity contribution in [2.75, 3.05) is 0 Å². The Morgan fingerprint density at radius 2 is 2.21 bits per heavy atom. The normalized spacial score (nSPS) is 20.6. The van der Waals surface area contributed by atoms with E-state index in [1.807, 2.05) is 0 Å². The standard InChI is InChI=1S/C15H15NO2S/c17-13(18)8-15(5-6-15)10-3-4-12-11(7-10)16-14(19-12)9-1-2-9/h3-4,7,9H,1-2,5-6,8H2,(H,17,18). The molecule has 2 fully saturated rings. The maximum atomic E-state index is 11.0. The van der Waals surface area contributed by atoms with Crippen LogP contribution in [0.1, 0.15) is 48.6 Å². The van der Waals surface area contributed by atoms with Crippen molar-refractivity contribution in [3.8, 4) is 0 Å². The van der Waals surface area contributed by atoms with E-state index < -0.39 is 5.97 Å². The number of rotatable bonds is 4. The summed E-state index contributed by atoms with van der Waals surface area (Å²) in [6, 6.07) is 6.34. The Labute approximate surface area is 115 Å². The highest BCUT2D eigenvalue weighted by Crippen LogP contribution is 2.52. The van der Waals surface area contributed by atoms with E-state index in [4.69, 9.17) is 10.1 Å². The second kappa shape index (κ2) is 3.79. The van der Waals surface area contributed by atoms with Crippen molar-refractivity contribution in [2.24, 2.45) is 0 Å². The van der Waals surface area contributed by atoms with Crippen molar-refractivity contribution < 1.29 is 9.90 Å². The predicted molar refractivity (Wildman–Crippen MR) is 74.8 cm³/mol. The van der Waals surface area contributed by atoms with E-state index in [1.54, 1.807) is 11.3 Å². The molecule has 0 saturated heterocycles. The smallest absolute Gasteiger partial charge is 0.304 e. The van der Waals surface area contributed by atoms with Gasteiger partial charge in [0.15, 0.2) is 0 Å². The van der Waals surface area contributed by atoms with Crippen molar-refractivity contribution in [3.63, 3.8) is 0 Å². The van der Waals surface area contributed by atoms with Gasteiger partial charge in [-0.3, -0.25) is 4.79 Å². The Morgan fingerprint density at radius 1 is 1.42 bits per heavy atom. The van der Waals surface area contributed by atoms with Crippen molar-refractivity contribution in [3.05, 3.63) is 28.8 Å². The number of carboxylic acid groups (broad SMARTS) is 1. The Hall–Kier alpha value is -1.42. The lowest BCUT2D eigenvalue weighted by molar-refractivity contribution is -0.137. The molecule has 0 spiro atoms. The highest BCUT2D eigenvalue weighted by molar-refractivity contribution is 7.18. The van der Waals surface area contributed by atoms with Crippen molar-refractivity contribution in [1.82, 2.24) is 4.98 Å². The zero-order valence-electron chi connectivity index (χ0n) is 10.6. The number of nitrogens with zero attached hydrogens (tertiary/aromatic N) is 1. The van der Waals surface area contributed by atoms with Crippen LogP contribution in [-0.2, 0) is 10.2 Å². The Morgan fingerprint density at radius 3 is 2.84 bits per heavy atom. The zero-order valence-corrected chi connectivity index (χ0v) is 11.4. The first-order valence-electron chi connectivity index (χ1n) is 6.79. The molecule has 2 saturated carbocycles. The van der Waals surface area contributed by atoms with Crippen LogP contribution in [0.2, 0.25) is 0 Å². The molecule has 1 aromatic carbocycles. The number of hydrogen-bond acceptors (Lipinski definition) is 3. The van der Waals surface area contributed by atoms with Gasteiger partial charge in [-0.05, 0) is 43.4 Å². The van der Waals surface area contributed by atoms with Gasteiger partial charge in [0, 0.05) is 11.3 Å². The summed E-state index contributed by atoms with van der Waals surface area (Å²) in [5.41, 5.74) is 2.11. The second-order valence-electron chi connectivity index (χ2n) is 5.86. The molecule has 2 aromatic rings. The molecule has 4 heteroatoms. The molecule has 1 aromatic heterocycles. The molecule has 0 amide bonds. The lowest BCUT2D eigenvalue weighted by atomic mass is 9.92. The predicted octanol–water partition coefficient (Wildman–Crippen LogP) is 3.68. The van der Waals surface area contributed by atoms with Crippen LogP contribution in [0.15, 0.2) is 18.2 Å². The van der Waals surface area contributed by atoms with Crippen LogP contribution in [0.5, 0.6) is 0 Å². The quantitative estimate of drug-likeness (QED) is 0.924. The summed E-state index contributed by atoms with van der Waals surface area (Å²) in [6.07, 6.45) is 4.78. The molecule has 4 rings (SSSR count). The number of benzene rings is 1. The van der Waals surface area contributed by atoms with Gasteiger partial charge < -0.3 is 5.11 Å². The topological polar surface area (TPSA) is 50.2 Å². The third-order valence-corrected chi connectivity index (χ3v) is 5.49. The van der Waals surface area contributed by atoms with E-state index in [1.165, 1.54) is 22.5 Å².